The van der Waals surface area contributed by atoms with Gasteiger partial charge in [-0.25, -0.2) is 0 Å². The van der Waals surface area contributed by atoms with Gasteiger partial charge in [0, 0.05) is 30.8 Å². The Morgan fingerprint density at radius 2 is 2.08 bits per heavy atom. The van der Waals surface area contributed by atoms with Crippen molar-refractivity contribution in [1.29, 1.82) is 0 Å². The molecule has 0 radical (unpaired) electrons. The largest absolute Gasteiger partial charge is 0.342 e. The number of pyridine rings is 2. The fourth-order valence-corrected chi connectivity index (χ4v) is 3.87. The van der Waals surface area contributed by atoms with Gasteiger partial charge in [0.05, 0.1) is 11.7 Å². The number of rotatable bonds is 3. The first-order valence-electron chi connectivity index (χ1n) is 8.96. The maximum absolute atomic E-state index is 12.6. The van der Waals surface area contributed by atoms with Crippen LogP contribution in [0.2, 0.25) is 0 Å². The van der Waals surface area contributed by atoms with Gasteiger partial charge >= 0.3 is 0 Å². The molecule has 1 N–H and O–H groups in total. The van der Waals surface area contributed by atoms with E-state index < -0.39 is 0 Å². The standard InChI is InChI=1S/C20H23N3O.H2/c24-19-13-20(22-15-7-3-1-4-8-15)23(16-9-5-2-6-10-16)18-14-21-12-11-17(18)19;/h3,7-8,11-14,16,22H,1-2,4-6,9-10H2;1H. The number of nitrogens with zero attached hydrogens (tertiary/aromatic N) is 2. The Morgan fingerprint density at radius 3 is 2.88 bits per heavy atom. The summed E-state index contributed by atoms with van der Waals surface area (Å²) in [5, 5.41) is 4.25. The van der Waals surface area contributed by atoms with Gasteiger partial charge in [0.15, 0.2) is 5.43 Å². The number of hydrogen-bond donors (Lipinski definition) is 1. The van der Waals surface area contributed by atoms with Crippen LogP contribution in [0.25, 0.3) is 10.9 Å². The van der Waals surface area contributed by atoms with Crippen molar-refractivity contribution >= 4 is 16.7 Å². The number of hydrogen-bond acceptors (Lipinski definition) is 3. The van der Waals surface area contributed by atoms with E-state index in [0.29, 0.717) is 6.04 Å². The molecule has 1 fully saturated rings. The molecule has 0 atom stereocenters. The highest BCUT2D eigenvalue weighted by molar-refractivity contribution is 5.80. The van der Waals surface area contributed by atoms with Crippen LogP contribution in [0.4, 0.5) is 5.82 Å². The van der Waals surface area contributed by atoms with Crippen LogP contribution in [-0.2, 0) is 0 Å². The molecule has 24 heavy (non-hydrogen) atoms. The van der Waals surface area contributed by atoms with Crippen LogP contribution in [0.5, 0.6) is 0 Å². The fourth-order valence-electron chi connectivity index (χ4n) is 3.87. The van der Waals surface area contributed by atoms with Crippen molar-refractivity contribution in [2.45, 2.75) is 51.0 Å². The monoisotopic (exact) mass is 323 g/mol. The molecular formula is C20H25N3O. The van der Waals surface area contributed by atoms with Gasteiger partial charge in [-0.3, -0.25) is 9.78 Å². The zero-order valence-electron chi connectivity index (χ0n) is 13.9. The molecule has 0 bridgehead atoms. The molecule has 2 aromatic heterocycles. The Balaban J connectivity index is 0.00000182. The average molecular weight is 323 g/mol. The smallest absolute Gasteiger partial charge is 0.191 e. The van der Waals surface area contributed by atoms with Gasteiger partial charge in [0.1, 0.15) is 5.82 Å². The molecular weight excluding hydrogens is 298 g/mol. The van der Waals surface area contributed by atoms with Crippen LogP contribution in [0.15, 0.2) is 53.2 Å². The highest BCUT2D eigenvalue weighted by Gasteiger charge is 2.20. The highest BCUT2D eigenvalue weighted by atomic mass is 16.1. The SMILES string of the molecule is O=c1cc(NC2=CCCC=C2)n(C2CCCCC2)c2cnccc12.[HH]. The van der Waals surface area contributed by atoms with Crippen molar-refractivity contribution in [2.75, 3.05) is 5.32 Å². The number of anilines is 1. The van der Waals surface area contributed by atoms with Gasteiger partial charge in [-0.05, 0) is 37.8 Å². The minimum Gasteiger partial charge on any atom is -0.342 e. The third-order valence-electron chi connectivity index (χ3n) is 5.06. The number of fused-ring (bicyclic) bond motifs is 1. The van der Waals surface area contributed by atoms with Crippen LogP contribution in [-0.4, -0.2) is 9.55 Å². The molecule has 0 spiro atoms. The van der Waals surface area contributed by atoms with Gasteiger partial charge in [-0.2, -0.15) is 0 Å². The fraction of sp³-hybridized carbons (Fsp3) is 0.400. The third-order valence-corrected chi connectivity index (χ3v) is 5.06. The van der Waals surface area contributed by atoms with Gasteiger partial charge in [-0.15, -0.1) is 0 Å². The zero-order valence-corrected chi connectivity index (χ0v) is 13.9. The third kappa shape index (κ3) is 2.88. The van der Waals surface area contributed by atoms with Gasteiger partial charge < -0.3 is 9.88 Å². The van der Waals surface area contributed by atoms with Gasteiger partial charge in [0.25, 0.3) is 0 Å². The molecule has 2 aromatic rings. The minimum absolute atomic E-state index is 0. The average Bonchev–Trinajstić information content (AvgIpc) is 2.64. The minimum atomic E-state index is 0. The van der Waals surface area contributed by atoms with Crippen molar-refractivity contribution < 1.29 is 1.43 Å². The summed E-state index contributed by atoms with van der Waals surface area (Å²) in [7, 11) is 0. The Kier molecular flexibility index (Phi) is 4.20. The topological polar surface area (TPSA) is 46.9 Å². The summed E-state index contributed by atoms with van der Waals surface area (Å²) in [6, 6.07) is 4.02. The van der Waals surface area contributed by atoms with Crippen molar-refractivity contribution in [1.82, 2.24) is 9.55 Å². The van der Waals surface area contributed by atoms with Crippen LogP contribution < -0.4 is 10.7 Å². The molecule has 4 nitrogen and oxygen atoms in total. The summed E-state index contributed by atoms with van der Waals surface area (Å²) in [6.45, 7) is 0. The van der Waals surface area contributed by atoms with E-state index in [4.69, 9.17) is 0 Å². The quantitative estimate of drug-likeness (QED) is 0.883. The molecule has 4 rings (SSSR count). The lowest BCUT2D eigenvalue weighted by molar-refractivity contribution is 0.362. The lowest BCUT2D eigenvalue weighted by Gasteiger charge is -2.29. The lowest BCUT2D eigenvalue weighted by Crippen LogP contribution is -2.21. The first kappa shape index (κ1) is 15.2. The first-order chi connectivity index (χ1) is 11.8. The van der Waals surface area contributed by atoms with Crippen LogP contribution in [0.3, 0.4) is 0 Å². The summed E-state index contributed by atoms with van der Waals surface area (Å²) in [5.74, 6) is 0.894. The Labute approximate surface area is 143 Å². The number of aromatic nitrogens is 2. The Bertz CT molecular complexity index is 863. The predicted molar refractivity (Wildman–Crippen MR) is 100 cm³/mol. The maximum Gasteiger partial charge on any atom is 0.191 e. The van der Waals surface area contributed by atoms with E-state index in [1.54, 1.807) is 12.3 Å². The van der Waals surface area contributed by atoms with Crippen LogP contribution in [0, 0.1) is 0 Å². The van der Waals surface area contributed by atoms with Crippen LogP contribution in [0.1, 0.15) is 52.4 Å². The molecule has 0 saturated heterocycles. The van der Waals surface area contributed by atoms with E-state index in [2.05, 4.69) is 33.1 Å². The normalized spacial score (nSPS) is 18.6. The van der Waals surface area contributed by atoms with Crippen molar-refractivity contribution in [3.05, 3.63) is 58.7 Å². The van der Waals surface area contributed by atoms with Crippen LogP contribution >= 0.6 is 0 Å². The predicted octanol–water partition coefficient (Wildman–Crippen LogP) is 4.79. The molecule has 1 saturated carbocycles. The number of nitrogens with one attached hydrogen (secondary N) is 1. The second-order valence-corrected chi connectivity index (χ2v) is 6.71. The Hall–Kier alpha value is -2.36. The van der Waals surface area contributed by atoms with E-state index in [1.807, 2.05) is 12.3 Å². The van der Waals surface area contributed by atoms with E-state index >= 15 is 0 Å². The molecule has 4 heteroatoms. The van der Waals surface area contributed by atoms with Gasteiger partial charge in [-0.1, -0.05) is 31.4 Å². The maximum atomic E-state index is 12.6. The lowest BCUT2D eigenvalue weighted by atomic mass is 9.94. The van der Waals surface area contributed by atoms with Crippen molar-refractivity contribution in [3.63, 3.8) is 0 Å². The van der Waals surface area contributed by atoms with E-state index in [9.17, 15) is 4.79 Å². The molecule has 0 aromatic carbocycles. The van der Waals surface area contributed by atoms with E-state index in [-0.39, 0.29) is 6.86 Å². The van der Waals surface area contributed by atoms with E-state index in [1.165, 1.54) is 19.3 Å². The second kappa shape index (κ2) is 6.63. The molecule has 126 valence electrons. The summed E-state index contributed by atoms with van der Waals surface area (Å²) in [4.78, 5) is 16.8. The summed E-state index contributed by atoms with van der Waals surface area (Å²) in [5.41, 5.74) is 2.08. The molecule has 0 aliphatic heterocycles. The molecule has 2 aliphatic rings. The molecule has 2 aliphatic carbocycles. The summed E-state index contributed by atoms with van der Waals surface area (Å²) >= 11 is 0. The summed E-state index contributed by atoms with van der Waals surface area (Å²) < 4.78 is 2.31. The Morgan fingerprint density at radius 1 is 1.21 bits per heavy atom. The zero-order chi connectivity index (χ0) is 16.4. The van der Waals surface area contributed by atoms with Crippen molar-refractivity contribution in [2.24, 2.45) is 0 Å². The van der Waals surface area contributed by atoms with Crippen molar-refractivity contribution in [3.8, 4) is 0 Å². The second-order valence-electron chi connectivity index (χ2n) is 6.71. The first-order valence-corrected chi connectivity index (χ1v) is 8.96. The summed E-state index contributed by atoms with van der Waals surface area (Å²) in [6.07, 6.45) is 18.3. The molecule has 0 amide bonds. The van der Waals surface area contributed by atoms with Gasteiger partial charge in [0.2, 0.25) is 0 Å². The number of allylic oxidation sites excluding steroid dienone is 3. The van der Waals surface area contributed by atoms with E-state index in [0.717, 1.165) is 48.1 Å². The molecule has 2 heterocycles. The highest BCUT2D eigenvalue weighted by Crippen LogP contribution is 2.33. The molecule has 0 unspecified atom stereocenters.